The van der Waals surface area contributed by atoms with Crippen LogP contribution in [0.25, 0.3) is 0 Å². The highest BCUT2D eigenvalue weighted by atomic mass is 16.6. The Morgan fingerprint density at radius 2 is 2.27 bits per heavy atom. The third-order valence-electron chi connectivity index (χ3n) is 1.83. The summed E-state index contributed by atoms with van der Waals surface area (Å²) >= 11 is 0. The van der Waals surface area contributed by atoms with Crippen LogP contribution in [-0.2, 0) is 6.54 Å². The van der Waals surface area contributed by atoms with Crippen LogP contribution in [-0.4, -0.2) is 26.8 Å². The molecule has 0 saturated carbocycles. The van der Waals surface area contributed by atoms with Crippen molar-refractivity contribution in [3.63, 3.8) is 0 Å². The smallest absolute Gasteiger partial charge is 0.306 e. The van der Waals surface area contributed by atoms with Gasteiger partial charge in [0.05, 0.1) is 11.5 Å². The molecule has 0 atom stereocenters. The lowest BCUT2D eigenvalue weighted by molar-refractivity contribution is -0.385. The molecule has 0 saturated heterocycles. The lowest BCUT2D eigenvalue weighted by Crippen LogP contribution is -2.37. The number of hydrogen-bond acceptors (Lipinski definition) is 4. The highest BCUT2D eigenvalue weighted by Crippen LogP contribution is 2.07. The van der Waals surface area contributed by atoms with E-state index in [1.807, 2.05) is 0 Å². The van der Waals surface area contributed by atoms with E-state index < -0.39 is 4.92 Å². The third kappa shape index (κ3) is 4.07. The van der Waals surface area contributed by atoms with Crippen LogP contribution in [0.4, 0.5) is 5.69 Å². The van der Waals surface area contributed by atoms with E-state index in [1.54, 1.807) is 4.68 Å². The quantitative estimate of drug-likeness (QED) is 0.600. The summed E-state index contributed by atoms with van der Waals surface area (Å²) in [6.45, 7) is 7.57. The van der Waals surface area contributed by atoms with E-state index in [1.165, 1.54) is 12.4 Å². The highest BCUT2D eigenvalue weighted by molar-refractivity contribution is 5.20. The van der Waals surface area contributed by atoms with E-state index in [4.69, 9.17) is 0 Å². The zero-order valence-electron chi connectivity index (χ0n) is 9.23. The van der Waals surface area contributed by atoms with Crippen molar-refractivity contribution in [3.05, 3.63) is 22.5 Å². The highest BCUT2D eigenvalue weighted by Gasteiger charge is 2.10. The van der Waals surface area contributed by atoms with Crippen molar-refractivity contribution in [2.45, 2.75) is 32.9 Å². The van der Waals surface area contributed by atoms with Gasteiger partial charge < -0.3 is 5.32 Å². The Balaban J connectivity index is 2.41. The van der Waals surface area contributed by atoms with Crippen molar-refractivity contribution in [1.82, 2.24) is 15.1 Å². The molecule has 0 unspecified atom stereocenters. The SMILES string of the molecule is CC(C)(C)NCCn1cc([N+](=O)[O-])cn1. The Morgan fingerprint density at radius 3 is 2.73 bits per heavy atom. The van der Waals surface area contributed by atoms with Gasteiger partial charge in [0.15, 0.2) is 0 Å². The zero-order valence-corrected chi connectivity index (χ0v) is 9.23. The van der Waals surface area contributed by atoms with Gasteiger partial charge in [0.2, 0.25) is 0 Å². The van der Waals surface area contributed by atoms with Crippen LogP contribution in [0.15, 0.2) is 12.4 Å². The predicted octanol–water partition coefficient (Wildman–Crippen LogP) is 1.18. The summed E-state index contributed by atoms with van der Waals surface area (Å²) in [6, 6.07) is 0. The van der Waals surface area contributed by atoms with E-state index in [0.717, 1.165) is 6.54 Å². The van der Waals surface area contributed by atoms with Gasteiger partial charge in [-0.25, -0.2) is 0 Å². The van der Waals surface area contributed by atoms with E-state index >= 15 is 0 Å². The standard InChI is InChI=1S/C9H16N4O2/c1-9(2,3)10-4-5-12-7-8(6-11-12)13(14)15/h6-7,10H,4-5H2,1-3H3. The van der Waals surface area contributed by atoms with Crippen LogP contribution in [0.3, 0.4) is 0 Å². The Labute approximate surface area is 88.4 Å². The Bertz CT molecular complexity index is 340. The lowest BCUT2D eigenvalue weighted by Gasteiger charge is -2.20. The molecule has 6 heteroatoms. The summed E-state index contributed by atoms with van der Waals surface area (Å²) in [5.74, 6) is 0. The zero-order chi connectivity index (χ0) is 11.5. The second kappa shape index (κ2) is 4.39. The van der Waals surface area contributed by atoms with Crippen molar-refractivity contribution in [3.8, 4) is 0 Å². The van der Waals surface area contributed by atoms with Gasteiger partial charge in [0, 0.05) is 12.1 Å². The largest absolute Gasteiger partial charge is 0.310 e. The molecule has 1 N–H and O–H groups in total. The molecule has 0 aliphatic heterocycles. The van der Waals surface area contributed by atoms with Gasteiger partial charge in [-0.2, -0.15) is 5.10 Å². The van der Waals surface area contributed by atoms with E-state index in [-0.39, 0.29) is 11.2 Å². The normalized spacial score (nSPS) is 11.7. The summed E-state index contributed by atoms with van der Waals surface area (Å²) in [6.07, 6.45) is 2.70. The van der Waals surface area contributed by atoms with Gasteiger partial charge in [-0.1, -0.05) is 0 Å². The summed E-state index contributed by atoms with van der Waals surface area (Å²) in [5.41, 5.74) is 0.0878. The fourth-order valence-corrected chi connectivity index (χ4v) is 1.11. The molecule has 1 rings (SSSR count). The topological polar surface area (TPSA) is 73.0 Å². The summed E-state index contributed by atoms with van der Waals surface area (Å²) in [7, 11) is 0. The first-order chi connectivity index (χ1) is 6.88. The Morgan fingerprint density at radius 1 is 1.60 bits per heavy atom. The average Bonchev–Trinajstić information content (AvgIpc) is 2.50. The monoisotopic (exact) mass is 212 g/mol. The maximum atomic E-state index is 10.4. The van der Waals surface area contributed by atoms with Crippen LogP contribution in [0.1, 0.15) is 20.8 Å². The number of nitro groups is 1. The fraction of sp³-hybridized carbons (Fsp3) is 0.667. The van der Waals surface area contributed by atoms with Crippen molar-refractivity contribution in [1.29, 1.82) is 0 Å². The molecule has 84 valence electrons. The lowest BCUT2D eigenvalue weighted by atomic mass is 10.1. The number of aromatic nitrogens is 2. The van der Waals surface area contributed by atoms with Crippen molar-refractivity contribution in [2.24, 2.45) is 0 Å². The molecule has 0 aliphatic carbocycles. The first kappa shape index (κ1) is 11.6. The van der Waals surface area contributed by atoms with Gasteiger partial charge in [-0.3, -0.25) is 14.8 Å². The Hall–Kier alpha value is -1.43. The summed E-state index contributed by atoms with van der Waals surface area (Å²) < 4.78 is 1.57. The first-order valence-corrected chi connectivity index (χ1v) is 4.80. The van der Waals surface area contributed by atoms with Crippen LogP contribution < -0.4 is 5.32 Å². The summed E-state index contributed by atoms with van der Waals surface area (Å²) in [5, 5.41) is 17.6. The molecule has 0 bridgehead atoms. The van der Waals surface area contributed by atoms with Crippen molar-refractivity contribution < 1.29 is 4.92 Å². The Kier molecular flexibility index (Phi) is 3.41. The molecule has 15 heavy (non-hydrogen) atoms. The maximum absolute atomic E-state index is 10.4. The molecule has 1 aromatic heterocycles. The number of hydrogen-bond donors (Lipinski definition) is 1. The number of nitrogens with zero attached hydrogens (tertiary/aromatic N) is 3. The minimum atomic E-state index is -0.444. The third-order valence-corrected chi connectivity index (χ3v) is 1.83. The molecular weight excluding hydrogens is 196 g/mol. The van der Waals surface area contributed by atoms with Crippen molar-refractivity contribution >= 4 is 5.69 Å². The molecule has 1 heterocycles. The van der Waals surface area contributed by atoms with Crippen LogP contribution in [0.5, 0.6) is 0 Å². The van der Waals surface area contributed by atoms with Crippen LogP contribution in [0, 0.1) is 10.1 Å². The number of nitrogens with one attached hydrogen (secondary N) is 1. The van der Waals surface area contributed by atoms with E-state index in [2.05, 4.69) is 31.2 Å². The van der Waals surface area contributed by atoms with Gasteiger partial charge in [-0.05, 0) is 20.8 Å². The minimum Gasteiger partial charge on any atom is -0.310 e. The van der Waals surface area contributed by atoms with Crippen molar-refractivity contribution in [2.75, 3.05) is 6.54 Å². The fourth-order valence-electron chi connectivity index (χ4n) is 1.11. The van der Waals surface area contributed by atoms with Gasteiger partial charge >= 0.3 is 5.69 Å². The number of rotatable bonds is 4. The molecule has 0 aliphatic rings. The maximum Gasteiger partial charge on any atom is 0.306 e. The molecule has 6 nitrogen and oxygen atoms in total. The molecule has 0 aromatic carbocycles. The molecule has 0 radical (unpaired) electrons. The summed E-state index contributed by atoms with van der Waals surface area (Å²) in [4.78, 5) is 9.94. The van der Waals surface area contributed by atoms with Gasteiger partial charge in [0.1, 0.15) is 12.4 Å². The second-order valence-electron chi connectivity index (χ2n) is 4.40. The first-order valence-electron chi connectivity index (χ1n) is 4.80. The van der Waals surface area contributed by atoms with Gasteiger partial charge in [-0.15, -0.1) is 0 Å². The molecule has 0 fully saturated rings. The van der Waals surface area contributed by atoms with E-state index in [9.17, 15) is 10.1 Å². The predicted molar refractivity (Wildman–Crippen MR) is 56.6 cm³/mol. The van der Waals surface area contributed by atoms with E-state index in [0.29, 0.717) is 6.54 Å². The molecule has 1 aromatic rings. The molecular formula is C9H16N4O2. The average molecular weight is 212 g/mol. The van der Waals surface area contributed by atoms with Gasteiger partial charge in [0.25, 0.3) is 0 Å². The second-order valence-corrected chi connectivity index (χ2v) is 4.40. The van der Waals surface area contributed by atoms with Crippen LogP contribution in [0.2, 0.25) is 0 Å². The minimum absolute atomic E-state index is 0.0331. The molecule has 0 spiro atoms. The molecule has 0 amide bonds. The van der Waals surface area contributed by atoms with Crippen LogP contribution >= 0.6 is 0 Å².